The van der Waals surface area contributed by atoms with E-state index < -0.39 is 15.8 Å². The summed E-state index contributed by atoms with van der Waals surface area (Å²) in [5.74, 6) is -0.0707. The highest BCUT2D eigenvalue weighted by molar-refractivity contribution is 7.89. The van der Waals surface area contributed by atoms with Crippen LogP contribution in [-0.4, -0.2) is 38.3 Å². The van der Waals surface area contributed by atoms with E-state index in [1.54, 1.807) is 0 Å². The summed E-state index contributed by atoms with van der Waals surface area (Å²) in [6.07, 6.45) is 5.53. The monoisotopic (exact) mass is 398 g/mol. The third kappa shape index (κ3) is 6.01. The van der Waals surface area contributed by atoms with Gasteiger partial charge in [0.1, 0.15) is 5.82 Å². The molecule has 1 atom stereocenters. The minimum Gasteiger partial charge on any atom is -0.356 e. The average Bonchev–Trinajstić information content (AvgIpc) is 2.68. The maximum Gasteiger partial charge on any atom is 0.243 e. The summed E-state index contributed by atoms with van der Waals surface area (Å²) in [5, 5.41) is 3.06. The first-order valence-electron chi connectivity index (χ1n) is 9.91. The summed E-state index contributed by atoms with van der Waals surface area (Å²) in [6, 6.07) is 4.86. The molecule has 1 aromatic carbocycles. The molecule has 1 saturated heterocycles. The van der Waals surface area contributed by atoms with Gasteiger partial charge >= 0.3 is 0 Å². The predicted octanol–water partition coefficient (Wildman–Crippen LogP) is 3.56. The zero-order valence-electron chi connectivity index (χ0n) is 16.3. The molecule has 0 saturated carbocycles. The lowest BCUT2D eigenvalue weighted by Crippen LogP contribution is -2.43. The molecule has 1 aromatic rings. The van der Waals surface area contributed by atoms with Crippen molar-refractivity contribution >= 4 is 15.9 Å². The van der Waals surface area contributed by atoms with E-state index in [2.05, 4.69) is 19.2 Å². The number of carbonyl (C=O) groups is 1. The number of rotatable bonds is 9. The van der Waals surface area contributed by atoms with Gasteiger partial charge in [-0.3, -0.25) is 4.79 Å². The molecule has 1 aliphatic rings. The van der Waals surface area contributed by atoms with Crippen LogP contribution in [0.4, 0.5) is 4.39 Å². The van der Waals surface area contributed by atoms with Crippen molar-refractivity contribution in [3.63, 3.8) is 0 Å². The van der Waals surface area contributed by atoms with E-state index in [0.29, 0.717) is 38.4 Å². The molecule has 1 fully saturated rings. The van der Waals surface area contributed by atoms with Gasteiger partial charge in [-0.2, -0.15) is 4.31 Å². The predicted molar refractivity (Wildman–Crippen MR) is 104 cm³/mol. The fourth-order valence-electron chi connectivity index (χ4n) is 3.45. The number of benzene rings is 1. The molecule has 5 nitrogen and oxygen atoms in total. The zero-order chi connectivity index (χ0) is 19.9. The molecule has 1 unspecified atom stereocenters. The first-order chi connectivity index (χ1) is 12.9. The van der Waals surface area contributed by atoms with E-state index in [1.807, 2.05) is 0 Å². The van der Waals surface area contributed by atoms with E-state index in [4.69, 9.17) is 0 Å². The molecule has 0 bridgehead atoms. The minimum atomic E-state index is -3.63. The Hall–Kier alpha value is -1.47. The van der Waals surface area contributed by atoms with Gasteiger partial charge in [-0.1, -0.05) is 33.1 Å². The van der Waals surface area contributed by atoms with E-state index in [0.717, 1.165) is 31.4 Å². The Labute approximate surface area is 162 Å². The second-order valence-corrected chi connectivity index (χ2v) is 9.23. The van der Waals surface area contributed by atoms with Crippen LogP contribution in [0.2, 0.25) is 0 Å². The lowest BCUT2D eigenvalue weighted by Gasteiger charge is -2.31. The number of sulfonamides is 1. The van der Waals surface area contributed by atoms with E-state index >= 15 is 0 Å². The Morgan fingerprint density at radius 1 is 1.22 bits per heavy atom. The van der Waals surface area contributed by atoms with Crippen molar-refractivity contribution in [3.05, 3.63) is 30.1 Å². The summed E-state index contributed by atoms with van der Waals surface area (Å²) < 4.78 is 39.7. The van der Waals surface area contributed by atoms with Crippen molar-refractivity contribution in [2.45, 2.75) is 57.3 Å². The van der Waals surface area contributed by atoms with Crippen molar-refractivity contribution < 1.29 is 17.6 Å². The molecule has 1 heterocycles. The topological polar surface area (TPSA) is 66.5 Å². The number of piperidine rings is 1. The quantitative estimate of drug-likeness (QED) is 0.692. The fourth-order valence-corrected chi connectivity index (χ4v) is 4.92. The highest BCUT2D eigenvalue weighted by Gasteiger charge is 2.32. The van der Waals surface area contributed by atoms with Gasteiger partial charge in [-0.15, -0.1) is 0 Å². The van der Waals surface area contributed by atoms with Gasteiger partial charge in [-0.05, 0) is 49.4 Å². The van der Waals surface area contributed by atoms with E-state index in [-0.39, 0.29) is 16.7 Å². The van der Waals surface area contributed by atoms with Crippen molar-refractivity contribution in [1.29, 1.82) is 0 Å². The molecule has 7 heteroatoms. The number of carbonyl (C=O) groups excluding carboxylic acids is 1. The van der Waals surface area contributed by atoms with Crippen LogP contribution in [0, 0.1) is 17.7 Å². The first-order valence-corrected chi connectivity index (χ1v) is 11.4. The Morgan fingerprint density at radius 2 is 1.85 bits per heavy atom. The van der Waals surface area contributed by atoms with E-state index in [9.17, 15) is 17.6 Å². The van der Waals surface area contributed by atoms with Gasteiger partial charge in [0.15, 0.2) is 0 Å². The minimum absolute atomic E-state index is 0.0313. The van der Waals surface area contributed by atoms with Crippen LogP contribution in [0.3, 0.4) is 0 Å². The van der Waals surface area contributed by atoms with Crippen LogP contribution in [0.25, 0.3) is 0 Å². The average molecular weight is 399 g/mol. The zero-order valence-corrected chi connectivity index (χ0v) is 17.1. The third-order valence-electron chi connectivity index (χ3n) is 5.38. The van der Waals surface area contributed by atoms with E-state index in [1.165, 1.54) is 22.9 Å². The Bertz CT molecular complexity index is 698. The molecule has 2 rings (SSSR count). The van der Waals surface area contributed by atoms with Crippen LogP contribution in [0.5, 0.6) is 0 Å². The number of hydrogen-bond donors (Lipinski definition) is 1. The molecule has 152 valence electrons. The molecule has 0 radical (unpaired) electrons. The molecule has 1 N–H and O–H groups in total. The van der Waals surface area contributed by atoms with Gasteiger partial charge in [-0.25, -0.2) is 12.8 Å². The highest BCUT2D eigenvalue weighted by Crippen LogP contribution is 2.24. The van der Waals surface area contributed by atoms with Crippen LogP contribution < -0.4 is 5.32 Å². The van der Waals surface area contributed by atoms with Gasteiger partial charge in [0.2, 0.25) is 15.9 Å². The van der Waals surface area contributed by atoms with Gasteiger partial charge in [0.25, 0.3) is 0 Å². The molecule has 0 aromatic heterocycles. The van der Waals surface area contributed by atoms with Crippen molar-refractivity contribution in [1.82, 2.24) is 9.62 Å². The third-order valence-corrected chi connectivity index (χ3v) is 7.30. The van der Waals surface area contributed by atoms with Crippen LogP contribution >= 0.6 is 0 Å². The molecule has 1 amide bonds. The van der Waals surface area contributed by atoms with Crippen molar-refractivity contribution in [2.24, 2.45) is 11.8 Å². The first kappa shape index (κ1) is 21.8. The lowest BCUT2D eigenvalue weighted by molar-refractivity contribution is -0.126. The van der Waals surface area contributed by atoms with Crippen LogP contribution in [0.15, 0.2) is 29.2 Å². The summed E-state index contributed by atoms with van der Waals surface area (Å²) in [5.41, 5.74) is 0. The number of nitrogens with zero attached hydrogens (tertiary/aromatic N) is 1. The maximum atomic E-state index is 13.0. The van der Waals surface area contributed by atoms with Gasteiger partial charge in [0.05, 0.1) is 4.90 Å². The second-order valence-electron chi connectivity index (χ2n) is 7.29. The normalized spacial score (nSPS) is 17.6. The summed E-state index contributed by atoms with van der Waals surface area (Å²) in [6.45, 7) is 5.63. The van der Waals surface area contributed by atoms with Gasteiger partial charge < -0.3 is 5.32 Å². The summed E-state index contributed by atoms with van der Waals surface area (Å²) in [7, 11) is -3.63. The smallest absolute Gasteiger partial charge is 0.243 e. The molecule has 0 spiro atoms. The number of unbranched alkanes of at least 4 members (excludes halogenated alkanes) is 1. The summed E-state index contributed by atoms with van der Waals surface area (Å²) in [4.78, 5) is 12.5. The Morgan fingerprint density at radius 3 is 2.41 bits per heavy atom. The molecule has 0 aliphatic carbocycles. The number of amides is 1. The number of nitrogens with one attached hydrogen (secondary N) is 1. The van der Waals surface area contributed by atoms with Gasteiger partial charge in [0, 0.05) is 25.6 Å². The Balaban J connectivity index is 1.85. The molecular weight excluding hydrogens is 367 g/mol. The molecule has 1 aliphatic heterocycles. The van der Waals surface area contributed by atoms with Crippen molar-refractivity contribution in [2.75, 3.05) is 19.6 Å². The highest BCUT2D eigenvalue weighted by atomic mass is 32.2. The maximum absolute atomic E-state index is 13.0. The Kier molecular flexibility index (Phi) is 8.23. The fraction of sp³-hybridized carbons (Fsp3) is 0.650. The second kappa shape index (κ2) is 10.2. The number of halogens is 1. The van der Waals surface area contributed by atoms with Crippen LogP contribution in [0.1, 0.15) is 52.4 Å². The van der Waals surface area contributed by atoms with Crippen LogP contribution in [-0.2, 0) is 14.8 Å². The lowest BCUT2D eigenvalue weighted by atomic mass is 9.95. The molecular formula is C20H31FN2O3S. The molecule has 27 heavy (non-hydrogen) atoms. The largest absolute Gasteiger partial charge is 0.356 e. The summed E-state index contributed by atoms with van der Waals surface area (Å²) >= 11 is 0. The van der Waals surface area contributed by atoms with Crippen molar-refractivity contribution in [3.8, 4) is 0 Å². The SMILES string of the molecule is CCCCC(CC)CNC(=O)C1CCN(S(=O)(=O)c2ccc(F)cc2)CC1. The number of hydrogen-bond acceptors (Lipinski definition) is 3. The standard InChI is InChI=1S/C20H31FN2O3S/c1-3-5-6-16(4-2)15-22-20(24)17-11-13-23(14-12-17)27(25,26)19-9-7-18(21)8-10-19/h7-10,16-17H,3-6,11-15H2,1-2H3,(H,22,24).